The van der Waals surface area contributed by atoms with Crippen LogP contribution in [0.15, 0.2) is 6.33 Å². The monoisotopic (exact) mass is 307 g/mol. The third kappa shape index (κ3) is 3.17. The normalized spacial score (nSPS) is 15.9. The van der Waals surface area contributed by atoms with E-state index in [0.717, 1.165) is 17.1 Å². The zero-order valence-electron chi connectivity index (χ0n) is 12.3. The number of nitrogens with zero attached hydrogens (tertiary/aromatic N) is 2. The van der Waals surface area contributed by atoms with Gasteiger partial charge in [0.25, 0.3) is 0 Å². The number of thiophene rings is 1. The minimum atomic E-state index is -0.434. The van der Waals surface area contributed by atoms with E-state index in [1.54, 1.807) is 24.8 Å². The highest BCUT2D eigenvalue weighted by Crippen LogP contribution is 2.37. The van der Waals surface area contributed by atoms with Crippen LogP contribution < -0.4 is 5.32 Å². The molecule has 2 aromatic heterocycles. The second-order valence-corrected chi connectivity index (χ2v) is 6.52. The SMILES string of the molecule is COCC(O)CCNc1ncnc2sc3c(c12)CCCC3. The second kappa shape index (κ2) is 6.68. The molecule has 2 heterocycles. The summed E-state index contributed by atoms with van der Waals surface area (Å²) >= 11 is 1.80. The van der Waals surface area contributed by atoms with Crippen molar-refractivity contribution in [2.75, 3.05) is 25.6 Å². The molecular formula is C15H21N3O2S. The van der Waals surface area contributed by atoms with Gasteiger partial charge in [0, 0.05) is 18.5 Å². The minimum absolute atomic E-state index is 0.370. The summed E-state index contributed by atoms with van der Waals surface area (Å²) in [6, 6.07) is 0. The van der Waals surface area contributed by atoms with E-state index in [2.05, 4.69) is 15.3 Å². The number of methoxy groups -OCH3 is 1. The van der Waals surface area contributed by atoms with Crippen molar-refractivity contribution in [1.82, 2.24) is 9.97 Å². The van der Waals surface area contributed by atoms with Crippen molar-refractivity contribution >= 4 is 27.4 Å². The highest BCUT2D eigenvalue weighted by molar-refractivity contribution is 7.19. The molecule has 2 N–H and O–H groups in total. The second-order valence-electron chi connectivity index (χ2n) is 5.44. The van der Waals surface area contributed by atoms with Gasteiger partial charge in [-0.25, -0.2) is 9.97 Å². The van der Waals surface area contributed by atoms with Crippen LogP contribution in [0.4, 0.5) is 5.82 Å². The Morgan fingerprint density at radius 2 is 2.24 bits per heavy atom. The molecule has 0 radical (unpaired) electrons. The number of aromatic nitrogens is 2. The van der Waals surface area contributed by atoms with E-state index < -0.39 is 6.10 Å². The van der Waals surface area contributed by atoms with Crippen LogP contribution in [0.2, 0.25) is 0 Å². The average Bonchev–Trinajstić information content (AvgIpc) is 2.87. The fourth-order valence-corrected chi connectivity index (χ4v) is 4.09. The summed E-state index contributed by atoms with van der Waals surface area (Å²) in [5.74, 6) is 0.906. The lowest BCUT2D eigenvalue weighted by Crippen LogP contribution is -2.18. The number of aliphatic hydroxyl groups is 1. The van der Waals surface area contributed by atoms with Crippen LogP contribution in [0.1, 0.15) is 29.7 Å². The number of ether oxygens (including phenoxy) is 1. The summed E-state index contributed by atoms with van der Waals surface area (Å²) in [6.07, 6.45) is 6.66. The van der Waals surface area contributed by atoms with E-state index >= 15 is 0 Å². The zero-order valence-corrected chi connectivity index (χ0v) is 13.1. The third-order valence-corrected chi connectivity index (χ3v) is 5.08. The van der Waals surface area contributed by atoms with Crippen LogP contribution in [0.25, 0.3) is 10.2 Å². The predicted octanol–water partition coefficient (Wildman–Crippen LogP) is 2.38. The van der Waals surface area contributed by atoms with Gasteiger partial charge in [0.1, 0.15) is 17.0 Å². The highest BCUT2D eigenvalue weighted by Gasteiger charge is 2.19. The summed E-state index contributed by atoms with van der Waals surface area (Å²) < 4.78 is 4.94. The van der Waals surface area contributed by atoms with Gasteiger partial charge in [-0.3, -0.25) is 0 Å². The summed E-state index contributed by atoms with van der Waals surface area (Å²) in [5, 5.41) is 14.2. The molecule has 3 rings (SSSR count). The van der Waals surface area contributed by atoms with E-state index in [9.17, 15) is 5.11 Å². The molecule has 1 aliphatic rings. The molecule has 21 heavy (non-hydrogen) atoms. The van der Waals surface area contributed by atoms with Crippen molar-refractivity contribution in [3.63, 3.8) is 0 Å². The van der Waals surface area contributed by atoms with Gasteiger partial charge < -0.3 is 15.2 Å². The molecule has 114 valence electrons. The quantitative estimate of drug-likeness (QED) is 0.857. The number of fused-ring (bicyclic) bond motifs is 3. The molecule has 1 unspecified atom stereocenters. The maximum absolute atomic E-state index is 9.70. The molecule has 1 atom stereocenters. The molecule has 2 aromatic rings. The Labute approximate surface area is 128 Å². The maximum Gasteiger partial charge on any atom is 0.138 e. The number of nitrogens with one attached hydrogen (secondary N) is 1. The van der Waals surface area contributed by atoms with E-state index in [1.807, 2.05) is 0 Å². The molecule has 0 saturated heterocycles. The van der Waals surface area contributed by atoms with Crippen LogP contribution in [0, 0.1) is 0 Å². The molecule has 5 nitrogen and oxygen atoms in total. The van der Waals surface area contributed by atoms with Gasteiger partial charge in [-0.2, -0.15) is 0 Å². The van der Waals surface area contributed by atoms with Crippen molar-refractivity contribution in [1.29, 1.82) is 0 Å². The third-order valence-electron chi connectivity index (χ3n) is 3.88. The number of hydrogen-bond acceptors (Lipinski definition) is 6. The molecule has 0 aromatic carbocycles. The van der Waals surface area contributed by atoms with Gasteiger partial charge in [0.2, 0.25) is 0 Å². The number of anilines is 1. The highest BCUT2D eigenvalue weighted by atomic mass is 32.1. The zero-order chi connectivity index (χ0) is 14.7. The van der Waals surface area contributed by atoms with Gasteiger partial charge in [-0.05, 0) is 37.7 Å². The van der Waals surface area contributed by atoms with Gasteiger partial charge >= 0.3 is 0 Å². The fraction of sp³-hybridized carbons (Fsp3) is 0.600. The Hall–Kier alpha value is -1.24. The lowest BCUT2D eigenvalue weighted by Gasteiger charge is -2.13. The molecule has 6 heteroatoms. The Balaban J connectivity index is 1.77. The molecule has 0 amide bonds. The molecule has 0 saturated carbocycles. The molecular weight excluding hydrogens is 286 g/mol. The van der Waals surface area contributed by atoms with Crippen molar-refractivity contribution < 1.29 is 9.84 Å². The molecule has 1 aliphatic carbocycles. The Morgan fingerprint density at radius 1 is 1.38 bits per heavy atom. The standard InChI is InChI=1S/C15H21N3O2S/c1-20-8-10(19)6-7-16-14-13-11-4-2-3-5-12(11)21-15(13)18-9-17-14/h9-10,19H,2-8H2,1H3,(H,16,17,18). The summed E-state index contributed by atoms with van der Waals surface area (Å²) in [5.41, 5.74) is 1.43. The summed E-state index contributed by atoms with van der Waals surface area (Å²) in [4.78, 5) is 11.4. The molecule has 0 aliphatic heterocycles. The van der Waals surface area contributed by atoms with E-state index in [1.165, 1.54) is 35.1 Å². The minimum Gasteiger partial charge on any atom is -0.391 e. The van der Waals surface area contributed by atoms with Gasteiger partial charge in [-0.1, -0.05) is 0 Å². The van der Waals surface area contributed by atoms with E-state index in [4.69, 9.17) is 4.74 Å². The number of aliphatic hydroxyl groups excluding tert-OH is 1. The van der Waals surface area contributed by atoms with Crippen LogP contribution in [0.3, 0.4) is 0 Å². The van der Waals surface area contributed by atoms with Gasteiger partial charge in [-0.15, -0.1) is 11.3 Å². The van der Waals surface area contributed by atoms with Crippen LogP contribution in [-0.4, -0.2) is 41.4 Å². The first kappa shape index (κ1) is 14.7. The smallest absolute Gasteiger partial charge is 0.138 e. The van der Waals surface area contributed by atoms with Gasteiger partial charge in [0.05, 0.1) is 18.1 Å². The molecule has 0 spiro atoms. The largest absolute Gasteiger partial charge is 0.391 e. The maximum atomic E-state index is 9.70. The molecule has 0 bridgehead atoms. The summed E-state index contributed by atoms with van der Waals surface area (Å²) in [6.45, 7) is 1.05. The van der Waals surface area contributed by atoms with Crippen LogP contribution in [0.5, 0.6) is 0 Å². The topological polar surface area (TPSA) is 67.3 Å². The summed E-state index contributed by atoms with van der Waals surface area (Å²) in [7, 11) is 1.60. The first-order valence-electron chi connectivity index (χ1n) is 7.45. The first-order chi connectivity index (χ1) is 10.3. The number of rotatable bonds is 6. The van der Waals surface area contributed by atoms with Crippen LogP contribution >= 0.6 is 11.3 Å². The molecule has 0 fully saturated rings. The number of aryl methyl sites for hydroxylation is 2. The van der Waals surface area contributed by atoms with Crippen LogP contribution in [-0.2, 0) is 17.6 Å². The van der Waals surface area contributed by atoms with Crippen molar-refractivity contribution in [3.8, 4) is 0 Å². The number of hydrogen-bond donors (Lipinski definition) is 2. The lowest BCUT2D eigenvalue weighted by atomic mass is 9.97. The fourth-order valence-electron chi connectivity index (χ4n) is 2.86. The van der Waals surface area contributed by atoms with E-state index in [-0.39, 0.29) is 0 Å². The Kier molecular flexibility index (Phi) is 4.67. The van der Waals surface area contributed by atoms with Gasteiger partial charge in [0.15, 0.2) is 0 Å². The van der Waals surface area contributed by atoms with E-state index in [0.29, 0.717) is 19.6 Å². The lowest BCUT2D eigenvalue weighted by molar-refractivity contribution is 0.0615. The first-order valence-corrected chi connectivity index (χ1v) is 8.27. The van der Waals surface area contributed by atoms with Crippen molar-refractivity contribution in [2.45, 2.75) is 38.2 Å². The average molecular weight is 307 g/mol. The predicted molar refractivity (Wildman–Crippen MR) is 85.0 cm³/mol. The van der Waals surface area contributed by atoms with Crippen molar-refractivity contribution in [2.24, 2.45) is 0 Å². The Morgan fingerprint density at radius 3 is 3.10 bits per heavy atom. The van der Waals surface area contributed by atoms with Crippen molar-refractivity contribution in [3.05, 3.63) is 16.8 Å². The Bertz CT molecular complexity index is 614.